The number of carbonyl (C=O) groups excluding carboxylic acids is 1. The van der Waals surface area contributed by atoms with Gasteiger partial charge in [-0.3, -0.25) is 28.8 Å². The predicted molar refractivity (Wildman–Crippen MR) is 98.0 cm³/mol. The minimum absolute atomic E-state index is 0.0681. The Kier molecular flexibility index (Phi) is 4.32. The molecule has 138 valence electrons. The summed E-state index contributed by atoms with van der Waals surface area (Å²) in [5.74, 6) is -0.611. The van der Waals surface area contributed by atoms with Crippen LogP contribution >= 0.6 is 0 Å². The molecule has 0 spiro atoms. The van der Waals surface area contributed by atoms with Gasteiger partial charge in [-0.15, -0.1) is 0 Å². The molecule has 3 rings (SSSR count). The van der Waals surface area contributed by atoms with Gasteiger partial charge in [0.05, 0.1) is 10.6 Å². The van der Waals surface area contributed by atoms with Crippen molar-refractivity contribution in [2.24, 2.45) is 14.1 Å². The van der Waals surface area contributed by atoms with E-state index < -0.39 is 22.1 Å². The Morgan fingerprint density at radius 1 is 1.19 bits per heavy atom. The van der Waals surface area contributed by atoms with Gasteiger partial charge in [-0.2, -0.15) is 0 Å². The van der Waals surface area contributed by atoms with Crippen LogP contribution in [0.5, 0.6) is 0 Å². The molecule has 0 radical (unpaired) electrons. The number of nitro benzene ring substituents is 1. The van der Waals surface area contributed by atoms with E-state index in [0.717, 1.165) is 4.57 Å². The number of amides is 1. The molecule has 0 aliphatic heterocycles. The first kappa shape index (κ1) is 18.0. The van der Waals surface area contributed by atoms with E-state index in [1.54, 1.807) is 0 Å². The minimum Gasteiger partial charge on any atom is -0.321 e. The molecule has 27 heavy (non-hydrogen) atoms. The molecule has 10 nitrogen and oxygen atoms in total. The Morgan fingerprint density at radius 2 is 1.89 bits per heavy atom. The highest BCUT2D eigenvalue weighted by Gasteiger charge is 2.20. The number of carbonyl (C=O) groups is 1. The summed E-state index contributed by atoms with van der Waals surface area (Å²) in [5.41, 5.74) is -0.732. The number of nitro groups is 1. The van der Waals surface area contributed by atoms with Crippen LogP contribution in [0.2, 0.25) is 0 Å². The quantitative estimate of drug-likeness (QED) is 0.544. The molecule has 2 aromatic heterocycles. The van der Waals surface area contributed by atoms with Gasteiger partial charge in [0.15, 0.2) is 5.65 Å². The number of rotatable bonds is 3. The van der Waals surface area contributed by atoms with Gasteiger partial charge in [0, 0.05) is 37.5 Å². The van der Waals surface area contributed by atoms with Gasteiger partial charge in [0.25, 0.3) is 17.2 Å². The zero-order chi connectivity index (χ0) is 19.9. The summed E-state index contributed by atoms with van der Waals surface area (Å²) in [6, 6.07) is 5.60. The molecule has 0 unspecified atom stereocenters. The fraction of sp³-hybridized carbons (Fsp3) is 0.176. The molecule has 1 N–H and O–H groups in total. The molecule has 2 heterocycles. The van der Waals surface area contributed by atoms with Crippen molar-refractivity contribution in [3.8, 4) is 0 Å². The first-order valence-corrected chi connectivity index (χ1v) is 7.84. The van der Waals surface area contributed by atoms with Crippen LogP contribution < -0.4 is 16.6 Å². The van der Waals surface area contributed by atoms with Gasteiger partial charge in [-0.25, -0.2) is 9.78 Å². The van der Waals surface area contributed by atoms with Gasteiger partial charge in [-0.05, 0) is 19.1 Å². The number of aromatic nitrogens is 3. The molecule has 3 aromatic rings. The summed E-state index contributed by atoms with van der Waals surface area (Å²) in [5, 5.41) is 13.7. The zero-order valence-electron chi connectivity index (χ0n) is 14.7. The molecule has 0 saturated carbocycles. The maximum absolute atomic E-state index is 12.7. The van der Waals surface area contributed by atoms with Crippen LogP contribution in [0.4, 0.5) is 11.4 Å². The Balaban J connectivity index is 2.15. The molecule has 1 aromatic carbocycles. The summed E-state index contributed by atoms with van der Waals surface area (Å²) >= 11 is 0. The van der Waals surface area contributed by atoms with Crippen LogP contribution in [0.1, 0.15) is 15.9 Å². The summed E-state index contributed by atoms with van der Waals surface area (Å²) < 4.78 is 2.11. The Labute approximate surface area is 151 Å². The lowest BCUT2D eigenvalue weighted by Crippen LogP contribution is -2.37. The number of fused-ring (bicyclic) bond motifs is 1. The van der Waals surface area contributed by atoms with Crippen molar-refractivity contribution >= 4 is 28.3 Å². The van der Waals surface area contributed by atoms with E-state index in [9.17, 15) is 24.5 Å². The monoisotopic (exact) mass is 369 g/mol. The number of hydrogen-bond acceptors (Lipinski definition) is 6. The van der Waals surface area contributed by atoms with E-state index in [1.165, 1.54) is 56.0 Å². The van der Waals surface area contributed by atoms with Crippen molar-refractivity contribution in [2.75, 3.05) is 5.32 Å². The molecular weight excluding hydrogens is 354 g/mol. The second-order valence-corrected chi connectivity index (χ2v) is 5.92. The van der Waals surface area contributed by atoms with Gasteiger partial charge in [-0.1, -0.05) is 6.07 Å². The summed E-state index contributed by atoms with van der Waals surface area (Å²) in [6.07, 6.45) is 1.36. The number of pyridine rings is 1. The Morgan fingerprint density at radius 3 is 2.56 bits per heavy atom. The van der Waals surface area contributed by atoms with E-state index in [1.807, 2.05) is 0 Å². The van der Waals surface area contributed by atoms with Crippen molar-refractivity contribution in [1.29, 1.82) is 0 Å². The van der Waals surface area contributed by atoms with Gasteiger partial charge >= 0.3 is 5.69 Å². The van der Waals surface area contributed by atoms with Crippen LogP contribution in [-0.2, 0) is 14.1 Å². The lowest BCUT2D eigenvalue weighted by Gasteiger charge is -2.12. The number of benzene rings is 1. The standard InChI is InChI=1S/C17H15N5O5/c1-9-10(5-4-6-12(9)22(26)27)15(23)19-11-7-8-18-14-13(11)16(24)21(3)17(25)20(14)2/h4-8H,1-3H3,(H,18,19,23). The average Bonchev–Trinajstić information content (AvgIpc) is 2.64. The highest BCUT2D eigenvalue weighted by atomic mass is 16.6. The van der Waals surface area contributed by atoms with Gasteiger partial charge < -0.3 is 5.32 Å². The van der Waals surface area contributed by atoms with E-state index in [-0.39, 0.29) is 33.5 Å². The van der Waals surface area contributed by atoms with Crippen molar-refractivity contribution in [2.45, 2.75) is 6.92 Å². The van der Waals surface area contributed by atoms with E-state index >= 15 is 0 Å². The third-order valence-corrected chi connectivity index (χ3v) is 4.34. The predicted octanol–water partition coefficient (Wildman–Crippen LogP) is 1.10. The zero-order valence-corrected chi connectivity index (χ0v) is 14.7. The third kappa shape index (κ3) is 2.86. The number of anilines is 1. The highest BCUT2D eigenvalue weighted by Crippen LogP contribution is 2.23. The Hall–Kier alpha value is -3.82. The third-order valence-electron chi connectivity index (χ3n) is 4.34. The van der Waals surface area contributed by atoms with Gasteiger partial charge in [0.1, 0.15) is 5.39 Å². The van der Waals surface area contributed by atoms with Crippen LogP contribution in [0, 0.1) is 17.0 Å². The number of aryl methyl sites for hydroxylation is 1. The van der Waals surface area contributed by atoms with Crippen molar-refractivity contribution in [3.05, 3.63) is 72.5 Å². The minimum atomic E-state index is -0.611. The SMILES string of the molecule is Cc1c(C(=O)Nc2ccnc3c2c(=O)n(C)c(=O)n3C)cccc1[N+](=O)[O-]. The lowest BCUT2D eigenvalue weighted by atomic mass is 10.1. The maximum Gasteiger partial charge on any atom is 0.332 e. The molecule has 0 aliphatic carbocycles. The molecule has 0 bridgehead atoms. The number of hydrogen-bond donors (Lipinski definition) is 1. The van der Waals surface area contributed by atoms with E-state index in [4.69, 9.17) is 0 Å². The second-order valence-electron chi connectivity index (χ2n) is 5.92. The first-order chi connectivity index (χ1) is 12.7. The number of nitrogens with one attached hydrogen (secondary N) is 1. The lowest BCUT2D eigenvalue weighted by molar-refractivity contribution is -0.385. The largest absolute Gasteiger partial charge is 0.332 e. The first-order valence-electron chi connectivity index (χ1n) is 7.84. The Bertz CT molecular complexity index is 1220. The van der Waals surface area contributed by atoms with Crippen LogP contribution in [0.15, 0.2) is 40.1 Å². The fourth-order valence-electron chi connectivity index (χ4n) is 2.85. The van der Waals surface area contributed by atoms with Crippen LogP contribution in [-0.4, -0.2) is 24.9 Å². The average molecular weight is 369 g/mol. The highest BCUT2D eigenvalue weighted by molar-refractivity contribution is 6.09. The van der Waals surface area contributed by atoms with Crippen molar-refractivity contribution in [3.63, 3.8) is 0 Å². The van der Waals surface area contributed by atoms with E-state index in [2.05, 4.69) is 10.3 Å². The molecule has 0 fully saturated rings. The topological polar surface area (TPSA) is 129 Å². The number of nitrogens with zero attached hydrogens (tertiary/aromatic N) is 4. The van der Waals surface area contributed by atoms with Crippen molar-refractivity contribution < 1.29 is 9.72 Å². The summed E-state index contributed by atoms with van der Waals surface area (Å²) in [7, 11) is 2.79. The molecule has 1 amide bonds. The normalized spacial score (nSPS) is 10.8. The van der Waals surface area contributed by atoms with E-state index in [0.29, 0.717) is 0 Å². The van der Waals surface area contributed by atoms with Crippen LogP contribution in [0.25, 0.3) is 11.0 Å². The molecule has 0 saturated heterocycles. The second kappa shape index (κ2) is 6.48. The fourth-order valence-corrected chi connectivity index (χ4v) is 2.85. The van der Waals surface area contributed by atoms with Crippen molar-refractivity contribution in [1.82, 2.24) is 14.1 Å². The summed E-state index contributed by atoms with van der Waals surface area (Å²) in [6.45, 7) is 1.47. The molecule has 0 aliphatic rings. The molecular formula is C17H15N5O5. The smallest absolute Gasteiger partial charge is 0.321 e. The molecule has 10 heteroatoms. The summed E-state index contributed by atoms with van der Waals surface area (Å²) in [4.78, 5) is 51.8. The maximum atomic E-state index is 12.7. The van der Waals surface area contributed by atoms with Gasteiger partial charge in [0.2, 0.25) is 0 Å². The molecule has 0 atom stereocenters. The van der Waals surface area contributed by atoms with Crippen LogP contribution in [0.3, 0.4) is 0 Å².